The van der Waals surface area contributed by atoms with E-state index in [0.717, 1.165) is 23.5 Å². The molecule has 0 unspecified atom stereocenters. The lowest BCUT2D eigenvalue weighted by molar-refractivity contribution is 0.477. The van der Waals surface area contributed by atoms with Crippen LogP contribution < -0.4 is 4.74 Å². The van der Waals surface area contributed by atoms with E-state index in [9.17, 15) is 0 Å². The van der Waals surface area contributed by atoms with Gasteiger partial charge in [0.25, 0.3) is 0 Å². The summed E-state index contributed by atoms with van der Waals surface area (Å²) in [5.41, 5.74) is 2.30. The van der Waals surface area contributed by atoms with Gasteiger partial charge in [-0.15, -0.1) is 0 Å². The van der Waals surface area contributed by atoms with Crippen molar-refractivity contribution in [2.45, 2.75) is 13.3 Å². The molecule has 17 heavy (non-hydrogen) atoms. The van der Waals surface area contributed by atoms with Crippen molar-refractivity contribution in [2.24, 2.45) is 0 Å². The zero-order chi connectivity index (χ0) is 12.1. The van der Waals surface area contributed by atoms with Gasteiger partial charge in [0.2, 0.25) is 0 Å². The number of benzene rings is 2. The Labute approximate surface area is 102 Å². The highest BCUT2D eigenvalue weighted by atomic mass is 16.5. The fourth-order valence-electron chi connectivity index (χ4n) is 1.69. The maximum absolute atomic E-state index is 5.87. The average molecular weight is 224 g/mol. The van der Waals surface area contributed by atoms with Gasteiger partial charge >= 0.3 is 0 Å². The lowest BCUT2D eigenvalue weighted by Gasteiger charge is -2.10. The Bertz CT molecular complexity index is 500. The van der Waals surface area contributed by atoms with Crippen molar-refractivity contribution >= 4 is 0 Å². The summed E-state index contributed by atoms with van der Waals surface area (Å²) in [6.07, 6.45) is 0.850. The summed E-state index contributed by atoms with van der Waals surface area (Å²) in [4.78, 5) is 0. The number of hydrogen-bond donors (Lipinski definition) is 0. The summed E-state index contributed by atoms with van der Waals surface area (Å²) < 4.78 is 5.87. The number of hydrogen-bond acceptors (Lipinski definition) is 1. The Balaban J connectivity index is 2.23. The lowest BCUT2D eigenvalue weighted by atomic mass is 10.1. The van der Waals surface area contributed by atoms with Crippen LogP contribution in [0.25, 0.3) is 0 Å². The predicted molar refractivity (Wildman–Crippen MR) is 71.5 cm³/mol. The van der Waals surface area contributed by atoms with Gasteiger partial charge in [-0.05, 0) is 37.1 Å². The van der Waals surface area contributed by atoms with Crippen LogP contribution in [0.15, 0.2) is 66.7 Å². The smallest absolute Gasteiger partial charge is 0.130 e. The summed E-state index contributed by atoms with van der Waals surface area (Å²) >= 11 is 0. The van der Waals surface area contributed by atoms with Crippen molar-refractivity contribution in [1.82, 2.24) is 0 Å². The highest BCUT2D eigenvalue weighted by Crippen LogP contribution is 2.26. The molecule has 0 bridgehead atoms. The molecule has 86 valence electrons. The van der Waals surface area contributed by atoms with Gasteiger partial charge < -0.3 is 4.74 Å². The van der Waals surface area contributed by atoms with Crippen LogP contribution in [0.5, 0.6) is 11.5 Å². The molecule has 2 aromatic rings. The lowest BCUT2D eigenvalue weighted by Crippen LogP contribution is -1.92. The molecule has 0 saturated heterocycles. The molecular weight excluding hydrogens is 208 g/mol. The Hall–Kier alpha value is -2.02. The van der Waals surface area contributed by atoms with E-state index in [1.807, 2.05) is 55.5 Å². The first-order valence-corrected chi connectivity index (χ1v) is 5.71. The third-order valence-corrected chi connectivity index (χ3v) is 2.44. The van der Waals surface area contributed by atoms with Crippen molar-refractivity contribution in [3.8, 4) is 11.5 Å². The highest BCUT2D eigenvalue weighted by molar-refractivity contribution is 5.39. The van der Waals surface area contributed by atoms with Gasteiger partial charge in [-0.2, -0.15) is 0 Å². The van der Waals surface area contributed by atoms with Gasteiger partial charge in [-0.3, -0.25) is 0 Å². The monoisotopic (exact) mass is 224 g/mol. The fourth-order valence-corrected chi connectivity index (χ4v) is 1.69. The van der Waals surface area contributed by atoms with E-state index in [1.54, 1.807) is 0 Å². The Kier molecular flexibility index (Phi) is 3.61. The summed E-state index contributed by atoms with van der Waals surface area (Å²) in [7, 11) is 0. The first kappa shape index (κ1) is 11.5. The van der Waals surface area contributed by atoms with Crippen LogP contribution in [-0.2, 0) is 6.42 Å². The molecule has 1 nitrogen and oxygen atoms in total. The van der Waals surface area contributed by atoms with E-state index in [1.165, 1.54) is 5.56 Å². The van der Waals surface area contributed by atoms with Crippen LogP contribution in [0.4, 0.5) is 0 Å². The van der Waals surface area contributed by atoms with Crippen molar-refractivity contribution < 1.29 is 4.74 Å². The molecule has 0 aliphatic carbocycles. The van der Waals surface area contributed by atoms with Gasteiger partial charge in [0.1, 0.15) is 11.5 Å². The van der Waals surface area contributed by atoms with Crippen LogP contribution in [0.2, 0.25) is 0 Å². The zero-order valence-electron chi connectivity index (χ0n) is 10.0. The van der Waals surface area contributed by atoms with E-state index in [-0.39, 0.29) is 0 Å². The largest absolute Gasteiger partial charge is 0.457 e. The summed E-state index contributed by atoms with van der Waals surface area (Å²) in [6, 6.07) is 17.9. The fraction of sp³-hybridized carbons (Fsp3) is 0.125. The van der Waals surface area contributed by atoms with Crippen LogP contribution in [0, 0.1) is 0 Å². The topological polar surface area (TPSA) is 9.23 Å². The van der Waals surface area contributed by atoms with E-state index in [2.05, 4.69) is 12.6 Å². The average Bonchev–Trinajstić information content (AvgIpc) is 2.32. The minimum absolute atomic E-state index is 0.850. The second-order valence-corrected chi connectivity index (χ2v) is 4.16. The maximum atomic E-state index is 5.87. The van der Waals surface area contributed by atoms with Gasteiger partial charge in [0.05, 0.1) is 0 Å². The molecule has 0 aliphatic rings. The molecule has 0 spiro atoms. The molecule has 0 radical (unpaired) electrons. The van der Waals surface area contributed by atoms with E-state index >= 15 is 0 Å². The summed E-state index contributed by atoms with van der Waals surface area (Å²) in [5, 5.41) is 0. The van der Waals surface area contributed by atoms with Gasteiger partial charge in [-0.25, -0.2) is 0 Å². The number of allylic oxidation sites excluding steroid dienone is 1. The summed E-state index contributed by atoms with van der Waals surface area (Å²) in [6.45, 7) is 5.97. The van der Waals surface area contributed by atoms with Crippen LogP contribution >= 0.6 is 0 Å². The molecule has 0 saturated carbocycles. The Morgan fingerprint density at radius 1 is 1.00 bits per heavy atom. The molecule has 0 aliphatic heterocycles. The molecular formula is C16H16O. The molecule has 0 aromatic heterocycles. The van der Waals surface area contributed by atoms with E-state index < -0.39 is 0 Å². The number of rotatable bonds is 4. The van der Waals surface area contributed by atoms with E-state index in [4.69, 9.17) is 4.74 Å². The SMILES string of the molecule is C=C(C)Cc1ccccc1Oc1ccccc1. The second kappa shape index (κ2) is 5.35. The third kappa shape index (κ3) is 3.22. The van der Waals surface area contributed by atoms with Gasteiger partial charge in [0.15, 0.2) is 0 Å². The van der Waals surface area contributed by atoms with Gasteiger partial charge in [0, 0.05) is 0 Å². The first-order chi connectivity index (χ1) is 8.25. The minimum Gasteiger partial charge on any atom is -0.457 e. The highest BCUT2D eigenvalue weighted by Gasteiger charge is 2.03. The van der Waals surface area contributed by atoms with Gasteiger partial charge in [-0.1, -0.05) is 48.6 Å². The summed E-state index contributed by atoms with van der Waals surface area (Å²) in [5.74, 6) is 1.77. The molecule has 1 heteroatoms. The molecule has 2 rings (SSSR count). The van der Waals surface area contributed by atoms with Crippen LogP contribution in [0.3, 0.4) is 0 Å². The second-order valence-electron chi connectivity index (χ2n) is 4.16. The Morgan fingerprint density at radius 2 is 1.65 bits per heavy atom. The molecule has 0 N–H and O–H groups in total. The normalized spacial score (nSPS) is 9.94. The number of ether oxygens (including phenoxy) is 1. The van der Waals surface area contributed by atoms with Crippen LogP contribution in [-0.4, -0.2) is 0 Å². The minimum atomic E-state index is 0.850. The van der Waals surface area contributed by atoms with Crippen molar-refractivity contribution in [2.75, 3.05) is 0 Å². The standard InChI is InChI=1S/C16H16O/c1-13(2)12-14-8-6-7-11-16(14)17-15-9-4-3-5-10-15/h3-11H,1,12H2,2H3. The molecule has 0 heterocycles. The molecule has 0 fully saturated rings. The third-order valence-electron chi connectivity index (χ3n) is 2.44. The van der Waals surface area contributed by atoms with E-state index in [0.29, 0.717) is 0 Å². The first-order valence-electron chi connectivity index (χ1n) is 5.71. The van der Waals surface area contributed by atoms with Crippen LogP contribution in [0.1, 0.15) is 12.5 Å². The van der Waals surface area contributed by atoms with Crippen molar-refractivity contribution in [3.05, 3.63) is 72.3 Å². The number of para-hydroxylation sites is 2. The molecule has 0 atom stereocenters. The zero-order valence-corrected chi connectivity index (χ0v) is 10.0. The van der Waals surface area contributed by atoms with Crippen molar-refractivity contribution in [1.29, 1.82) is 0 Å². The maximum Gasteiger partial charge on any atom is 0.130 e. The molecule has 2 aromatic carbocycles. The Morgan fingerprint density at radius 3 is 2.35 bits per heavy atom. The van der Waals surface area contributed by atoms with Crippen molar-refractivity contribution in [3.63, 3.8) is 0 Å². The predicted octanol–water partition coefficient (Wildman–Crippen LogP) is 4.60. The quantitative estimate of drug-likeness (QED) is 0.690. The molecule has 0 amide bonds.